The number of hydrogen-bond acceptors (Lipinski definition) is 0. The van der Waals surface area contributed by atoms with E-state index >= 15 is 0 Å². The summed E-state index contributed by atoms with van der Waals surface area (Å²) in [6.07, 6.45) is 11.3. The van der Waals surface area contributed by atoms with Crippen LogP contribution < -0.4 is 0 Å². The Kier molecular flexibility index (Phi) is 9.72. The highest BCUT2D eigenvalue weighted by atomic mass is 15.3. The van der Waals surface area contributed by atoms with Gasteiger partial charge in [-0.2, -0.15) is 0 Å². The third-order valence-electron chi connectivity index (χ3n) is 3.96. The van der Waals surface area contributed by atoms with Gasteiger partial charge in [-0.05, 0) is 12.8 Å². The summed E-state index contributed by atoms with van der Waals surface area (Å²) in [5.41, 5.74) is 0. The Bertz CT molecular complexity index is 204. The summed E-state index contributed by atoms with van der Waals surface area (Å²) in [7, 11) is 11.7. The van der Waals surface area contributed by atoms with Gasteiger partial charge in [-0.3, -0.25) is 0 Å². The summed E-state index contributed by atoms with van der Waals surface area (Å²) in [4.78, 5) is 0. The second-order valence-electron chi connectivity index (χ2n) is 7.87. The van der Waals surface area contributed by atoms with E-state index in [0.717, 1.165) is 4.48 Å². The molecule has 0 N–H and O–H groups in total. The molecule has 0 aromatic carbocycles. The van der Waals surface area contributed by atoms with Crippen LogP contribution in [-0.2, 0) is 0 Å². The average molecular weight is 273 g/mol. The van der Waals surface area contributed by atoms with Gasteiger partial charge in [0.1, 0.15) is 0 Å². The van der Waals surface area contributed by atoms with Crippen molar-refractivity contribution in [3.8, 4) is 0 Å². The fraction of sp³-hybridized carbons (Fsp3) is 1.00. The second-order valence-corrected chi connectivity index (χ2v) is 7.87. The van der Waals surface area contributed by atoms with Crippen LogP contribution in [0.4, 0.5) is 0 Å². The SMILES string of the molecule is CCCCCCCCC[N+](C)(C)CCC[N+](C)(C)C. The van der Waals surface area contributed by atoms with Gasteiger partial charge in [-0.1, -0.05) is 39.0 Å². The molecule has 0 aromatic rings. The first-order valence-electron chi connectivity index (χ1n) is 8.39. The van der Waals surface area contributed by atoms with Crippen molar-refractivity contribution in [2.75, 3.05) is 54.9 Å². The molecule has 0 aliphatic carbocycles. The van der Waals surface area contributed by atoms with Crippen LogP contribution in [0.15, 0.2) is 0 Å². The van der Waals surface area contributed by atoms with E-state index in [-0.39, 0.29) is 0 Å². The molecule has 19 heavy (non-hydrogen) atoms. The lowest BCUT2D eigenvalue weighted by Gasteiger charge is -2.31. The molecular formula is C17H40N2+2. The van der Waals surface area contributed by atoms with E-state index in [1.807, 2.05) is 0 Å². The molecule has 0 aromatic heterocycles. The van der Waals surface area contributed by atoms with Gasteiger partial charge < -0.3 is 8.97 Å². The standard InChI is InChI=1S/C17H40N2/c1-7-8-9-10-11-12-13-16-19(5,6)17-14-15-18(2,3)4/h7-17H2,1-6H3/q+2. The largest absolute Gasteiger partial charge is 0.331 e. The predicted octanol–water partition coefficient (Wildman–Crippen LogP) is 3.91. The Hall–Kier alpha value is -0.0800. The van der Waals surface area contributed by atoms with Crippen molar-refractivity contribution in [2.45, 2.75) is 58.3 Å². The average Bonchev–Trinajstić information content (AvgIpc) is 2.25. The van der Waals surface area contributed by atoms with Gasteiger partial charge in [0.25, 0.3) is 0 Å². The fourth-order valence-corrected chi connectivity index (χ4v) is 2.58. The summed E-state index contributed by atoms with van der Waals surface area (Å²) < 4.78 is 2.30. The summed E-state index contributed by atoms with van der Waals surface area (Å²) in [5.74, 6) is 0. The zero-order valence-electron chi connectivity index (χ0n) is 14.7. The molecule has 2 nitrogen and oxygen atoms in total. The van der Waals surface area contributed by atoms with Crippen molar-refractivity contribution in [1.82, 2.24) is 0 Å². The lowest BCUT2D eigenvalue weighted by molar-refractivity contribution is -0.902. The van der Waals surface area contributed by atoms with Crippen LogP contribution in [0.5, 0.6) is 0 Å². The molecule has 0 saturated carbocycles. The van der Waals surface area contributed by atoms with Crippen molar-refractivity contribution in [3.05, 3.63) is 0 Å². The van der Waals surface area contributed by atoms with Gasteiger partial charge in [-0.25, -0.2) is 0 Å². The van der Waals surface area contributed by atoms with Gasteiger partial charge in [0, 0.05) is 6.42 Å². The number of rotatable bonds is 12. The van der Waals surface area contributed by atoms with E-state index in [1.165, 1.54) is 75.5 Å². The highest BCUT2D eigenvalue weighted by Crippen LogP contribution is 2.10. The van der Waals surface area contributed by atoms with Crippen molar-refractivity contribution in [2.24, 2.45) is 0 Å². The van der Waals surface area contributed by atoms with E-state index in [2.05, 4.69) is 42.2 Å². The van der Waals surface area contributed by atoms with Crippen molar-refractivity contribution in [3.63, 3.8) is 0 Å². The Morgan fingerprint density at radius 2 is 1.00 bits per heavy atom. The molecule has 0 amide bonds. The third-order valence-corrected chi connectivity index (χ3v) is 3.96. The maximum atomic E-state index is 2.40. The molecular weight excluding hydrogens is 232 g/mol. The molecule has 0 unspecified atom stereocenters. The highest BCUT2D eigenvalue weighted by Gasteiger charge is 2.16. The van der Waals surface area contributed by atoms with E-state index < -0.39 is 0 Å². The molecule has 0 atom stereocenters. The minimum Gasteiger partial charge on any atom is -0.331 e. The molecule has 116 valence electrons. The van der Waals surface area contributed by atoms with E-state index in [9.17, 15) is 0 Å². The smallest absolute Gasteiger partial charge is 0.0836 e. The molecule has 0 bridgehead atoms. The number of unbranched alkanes of at least 4 members (excludes halogenated alkanes) is 6. The van der Waals surface area contributed by atoms with Crippen molar-refractivity contribution in [1.29, 1.82) is 0 Å². The molecule has 0 fully saturated rings. The molecule has 0 heterocycles. The lowest BCUT2D eigenvalue weighted by Crippen LogP contribution is -2.44. The van der Waals surface area contributed by atoms with Crippen LogP contribution in [0.25, 0.3) is 0 Å². The Morgan fingerprint density at radius 1 is 0.526 bits per heavy atom. The molecule has 0 rings (SSSR count). The summed E-state index contributed by atoms with van der Waals surface area (Å²) in [6.45, 7) is 6.26. The van der Waals surface area contributed by atoms with Gasteiger partial charge in [0.15, 0.2) is 0 Å². The van der Waals surface area contributed by atoms with Crippen LogP contribution in [0.3, 0.4) is 0 Å². The minimum atomic E-state index is 1.09. The Morgan fingerprint density at radius 3 is 1.53 bits per heavy atom. The third kappa shape index (κ3) is 14.1. The molecule has 0 aliphatic heterocycles. The van der Waals surface area contributed by atoms with E-state index in [0.29, 0.717) is 0 Å². The summed E-state index contributed by atoms with van der Waals surface area (Å²) in [5, 5.41) is 0. The number of quaternary nitrogens is 2. The van der Waals surface area contributed by atoms with Crippen LogP contribution in [0, 0.1) is 0 Å². The normalized spacial score (nSPS) is 12.9. The molecule has 0 aliphatic rings. The summed E-state index contributed by atoms with van der Waals surface area (Å²) >= 11 is 0. The van der Waals surface area contributed by atoms with Crippen LogP contribution in [0.1, 0.15) is 58.3 Å². The number of nitrogens with zero attached hydrogens (tertiary/aromatic N) is 2. The second kappa shape index (κ2) is 9.77. The minimum absolute atomic E-state index is 1.09. The first kappa shape index (κ1) is 18.9. The Balaban J connectivity index is 3.51. The zero-order chi connectivity index (χ0) is 14.8. The van der Waals surface area contributed by atoms with Gasteiger partial charge in [0.2, 0.25) is 0 Å². The van der Waals surface area contributed by atoms with Crippen molar-refractivity contribution >= 4 is 0 Å². The maximum Gasteiger partial charge on any atom is 0.0836 e. The van der Waals surface area contributed by atoms with Crippen LogP contribution in [-0.4, -0.2) is 63.8 Å². The first-order valence-corrected chi connectivity index (χ1v) is 8.39. The fourth-order valence-electron chi connectivity index (χ4n) is 2.58. The quantitative estimate of drug-likeness (QED) is 0.373. The van der Waals surface area contributed by atoms with Gasteiger partial charge >= 0.3 is 0 Å². The van der Waals surface area contributed by atoms with E-state index in [4.69, 9.17) is 0 Å². The highest BCUT2D eigenvalue weighted by molar-refractivity contribution is 4.46. The topological polar surface area (TPSA) is 0 Å². The van der Waals surface area contributed by atoms with Gasteiger partial charge in [0.05, 0.1) is 54.9 Å². The lowest BCUT2D eigenvalue weighted by atomic mass is 10.1. The molecule has 0 saturated heterocycles. The van der Waals surface area contributed by atoms with Crippen LogP contribution >= 0.6 is 0 Å². The summed E-state index contributed by atoms with van der Waals surface area (Å²) in [6, 6.07) is 0. The first-order chi connectivity index (χ1) is 8.77. The molecule has 0 radical (unpaired) electrons. The van der Waals surface area contributed by atoms with Gasteiger partial charge in [-0.15, -0.1) is 0 Å². The molecule has 2 heteroatoms. The zero-order valence-corrected chi connectivity index (χ0v) is 14.7. The van der Waals surface area contributed by atoms with Crippen LogP contribution in [0.2, 0.25) is 0 Å². The van der Waals surface area contributed by atoms with Crippen molar-refractivity contribution < 1.29 is 8.97 Å². The Labute approximate surface area is 123 Å². The van der Waals surface area contributed by atoms with E-state index in [1.54, 1.807) is 0 Å². The number of hydrogen-bond donors (Lipinski definition) is 0. The molecule has 0 spiro atoms. The maximum absolute atomic E-state index is 2.40. The predicted molar refractivity (Wildman–Crippen MR) is 87.4 cm³/mol. The monoisotopic (exact) mass is 272 g/mol.